The van der Waals surface area contributed by atoms with Gasteiger partial charge in [-0.25, -0.2) is 4.79 Å². The number of amides is 3. The second-order valence-electron chi connectivity index (χ2n) is 7.90. The molecule has 0 spiro atoms. The molecule has 3 rings (SSSR count). The molecule has 1 fully saturated rings. The Kier molecular flexibility index (Phi) is 6.34. The summed E-state index contributed by atoms with van der Waals surface area (Å²) in [6, 6.07) is 17.9. The van der Waals surface area contributed by atoms with E-state index in [4.69, 9.17) is 0 Å². The summed E-state index contributed by atoms with van der Waals surface area (Å²) in [5.74, 6) is 0.00684. The number of benzene rings is 2. The van der Waals surface area contributed by atoms with Crippen molar-refractivity contribution in [3.8, 4) is 0 Å². The van der Waals surface area contributed by atoms with Crippen molar-refractivity contribution in [2.45, 2.75) is 39.8 Å². The van der Waals surface area contributed by atoms with Crippen LogP contribution in [0.4, 0.5) is 4.79 Å². The first-order chi connectivity index (χ1) is 13.5. The summed E-state index contributed by atoms with van der Waals surface area (Å²) >= 11 is 0. The molecule has 0 bridgehead atoms. The highest BCUT2D eigenvalue weighted by atomic mass is 16.2. The van der Waals surface area contributed by atoms with E-state index in [-0.39, 0.29) is 11.9 Å². The number of nitrogens with one attached hydrogen (secondary N) is 2. The van der Waals surface area contributed by atoms with Gasteiger partial charge in [0, 0.05) is 26.2 Å². The Morgan fingerprint density at radius 3 is 2.32 bits per heavy atom. The summed E-state index contributed by atoms with van der Waals surface area (Å²) in [4.78, 5) is 27.2. The van der Waals surface area contributed by atoms with Crippen LogP contribution in [0.2, 0.25) is 0 Å². The Morgan fingerprint density at radius 1 is 0.964 bits per heavy atom. The molecular formula is C23H29N3O2. The van der Waals surface area contributed by atoms with Crippen LogP contribution >= 0.6 is 0 Å². The molecule has 2 aromatic rings. The van der Waals surface area contributed by atoms with Gasteiger partial charge in [-0.15, -0.1) is 0 Å². The number of carbonyl (C=O) groups excluding carboxylic acids is 2. The number of hydrogen-bond acceptors (Lipinski definition) is 2. The predicted molar refractivity (Wildman–Crippen MR) is 111 cm³/mol. The zero-order valence-electron chi connectivity index (χ0n) is 16.7. The van der Waals surface area contributed by atoms with E-state index in [1.54, 1.807) is 4.90 Å². The number of likely N-dealkylation sites (tertiary alicyclic amines) is 1. The van der Waals surface area contributed by atoms with Crippen LogP contribution in [0.25, 0.3) is 0 Å². The molecule has 1 saturated heterocycles. The standard InChI is InChI=1S/C23H29N3O2/c1-18-9-11-20(12-10-18)16-25-22(28)26-14-6-13-23(2,17-26)21(27)24-15-19-7-4-3-5-8-19/h3-5,7-12H,6,13-17H2,1-2H3,(H,24,27)(H,25,28). The molecule has 28 heavy (non-hydrogen) atoms. The third-order valence-electron chi connectivity index (χ3n) is 5.39. The molecule has 148 valence electrons. The molecule has 2 N–H and O–H groups in total. The first-order valence-corrected chi connectivity index (χ1v) is 9.87. The van der Waals surface area contributed by atoms with Crippen LogP contribution in [0.1, 0.15) is 36.5 Å². The van der Waals surface area contributed by atoms with E-state index in [1.807, 2.05) is 68.4 Å². The number of urea groups is 1. The van der Waals surface area contributed by atoms with E-state index in [1.165, 1.54) is 5.56 Å². The average molecular weight is 380 g/mol. The smallest absolute Gasteiger partial charge is 0.317 e. The zero-order valence-corrected chi connectivity index (χ0v) is 16.7. The van der Waals surface area contributed by atoms with Crippen LogP contribution in [0.3, 0.4) is 0 Å². The largest absolute Gasteiger partial charge is 0.351 e. The summed E-state index contributed by atoms with van der Waals surface area (Å²) in [5, 5.41) is 6.01. The van der Waals surface area contributed by atoms with Crippen molar-refractivity contribution in [2.75, 3.05) is 13.1 Å². The highest BCUT2D eigenvalue weighted by Gasteiger charge is 2.39. The van der Waals surface area contributed by atoms with E-state index >= 15 is 0 Å². The lowest BCUT2D eigenvalue weighted by atomic mass is 9.81. The zero-order chi connectivity index (χ0) is 20.0. The average Bonchev–Trinajstić information content (AvgIpc) is 2.72. The fourth-order valence-electron chi connectivity index (χ4n) is 3.59. The fourth-order valence-corrected chi connectivity index (χ4v) is 3.59. The molecule has 0 aliphatic carbocycles. The molecule has 1 heterocycles. The number of aryl methyl sites for hydroxylation is 1. The highest BCUT2D eigenvalue weighted by molar-refractivity contribution is 5.84. The second kappa shape index (κ2) is 8.91. The van der Waals surface area contributed by atoms with Crippen LogP contribution in [-0.4, -0.2) is 29.9 Å². The van der Waals surface area contributed by atoms with Gasteiger partial charge in [-0.3, -0.25) is 4.79 Å². The van der Waals surface area contributed by atoms with Gasteiger partial charge in [-0.1, -0.05) is 60.2 Å². The Balaban J connectivity index is 1.53. The lowest BCUT2D eigenvalue weighted by Crippen LogP contribution is -2.53. The number of hydrogen-bond donors (Lipinski definition) is 2. The van der Waals surface area contributed by atoms with E-state index in [0.29, 0.717) is 26.2 Å². The summed E-state index contributed by atoms with van der Waals surface area (Å²) in [7, 11) is 0. The molecule has 1 atom stereocenters. The van der Waals surface area contributed by atoms with Crippen LogP contribution in [-0.2, 0) is 17.9 Å². The first kappa shape index (κ1) is 19.9. The first-order valence-electron chi connectivity index (χ1n) is 9.87. The van der Waals surface area contributed by atoms with Gasteiger partial charge in [-0.2, -0.15) is 0 Å². The molecule has 0 aromatic heterocycles. The minimum absolute atomic E-state index is 0.00684. The van der Waals surface area contributed by atoms with Crippen molar-refractivity contribution in [2.24, 2.45) is 5.41 Å². The van der Waals surface area contributed by atoms with Crippen LogP contribution in [0, 0.1) is 12.3 Å². The maximum absolute atomic E-state index is 12.8. The second-order valence-corrected chi connectivity index (χ2v) is 7.90. The van der Waals surface area contributed by atoms with Crippen molar-refractivity contribution >= 4 is 11.9 Å². The van der Waals surface area contributed by atoms with Gasteiger partial charge < -0.3 is 15.5 Å². The lowest BCUT2D eigenvalue weighted by molar-refractivity contribution is -0.132. The Labute approximate surface area is 167 Å². The minimum Gasteiger partial charge on any atom is -0.351 e. The minimum atomic E-state index is -0.561. The number of carbonyl (C=O) groups is 2. The molecule has 5 nitrogen and oxygen atoms in total. The third-order valence-corrected chi connectivity index (χ3v) is 5.39. The van der Waals surface area contributed by atoms with E-state index < -0.39 is 5.41 Å². The number of rotatable bonds is 5. The molecule has 2 aromatic carbocycles. The number of piperidine rings is 1. The van der Waals surface area contributed by atoms with Gasteiger partial charge in [0.15, 0.2) is 0 Å². The van der Waals surface area contributed by atoms with Crippen molar-refractivity contribution in [3.05, 3.63) is 71.3 Å². The predicted octanol–water partition coefficient (Wildman–Crippen LogP) is 3.62. The SMILES string of the molecule is Cc1ccc(CNC(=O)N2CCCC(C)(C(=O)NCc3ccccc3)C2)cc1. The van der Waals surface area contributed by atoms with Crippen LogP contribution < -0.4 is 10.6 Å². The topological polar surface area (TPSA) is 61.4 Å². The van der Waals surface area contributed by atoms with Crippen molar-refractivity contribution in [1.29, 1.82) is 0 Å². The Morgan fingerprint density at radius 2 is 1.61 bits per heavy atom. The van der Waals surface area contributed by atoms with Crippen LogP contribution in [0.15, 0.2) is 54.6 Å². The third kappa shape index (κ3) is 5.12. The lowest BCUT2D eigenvalue weighted by Gasteiger charge is -2.39. The number of nitrogens with zero attached hydrogens (tertiary/aromatic N) is 1. The van der Waals surface area contributed by atoms with Gasteiger partial charge in [0.1, 0.15) is 0 Å². The maximum atomic E-state index is 12.8. The Hall–Kier alpha value is -2.82. The van der Waals surface area contributed by atoms with Gasteiger partial charge in [-0.05, 0) is 37.8 Å². The molecule has 1 aliphatic heterocycles. The maximum Gasteiger partial charge on any atom is 0.317 e. The van der Waals surface area contributed by atoms with E-state index in [9.17, 15) is 9.59 Å². The molecule has 0 saturated carbocycles. The summed E-state index contributed by atoms with van der Waals surface area (Å²) in [6.45, 7) is 6.11. The van der Waals surface area contributed by atoms with Crippen molar-refractivity contribution in [3.63, 3.8) is 0 Å². The molecular weight excluding hydrogens is 350 g/mol. The molecule has 1 unspecified atom stereocenters. The van der Waals surface area contributed by atoms with Gasteiger partial charge >= 0.3 is 6.03 Å². The molecule has 3 amide bonds. The summed E-state index contributed by atoms with van der Waals surface area (Å²) < 4.78 is 0. The monoisotopic (exact) mass is 379 g/mol. The highest BCUT2D eigenvalue weighted by Crippen LogP contribution is 2.30. The summed E-state index contributed by atoms with van der Waals surface area (Å²) in [6.07, 6.45) is 1.61. The van der Waals surface area contributed by atoms with Gasteiger partial charge in [0.25, 0.3) is 0 Å². The van der Waals surface area contributed by atoms with Crippen LogP contribution in [0.5, 0.6) is 0 Å². The molecule has 1 aliphatic rings. The van der Waals surface area contributed by atoms with E-state index in [0.717, 1.165) is 24.0 Å². The Bertz CT molecular complexity index is 804. The summed E-state index contributed by atoms with van der Waals surface area (Å²) in [5.41, 5.74) is 2.78. The fraction of sp³-hybridized carbons (Fsp3) is 0.391. The van der Waals surface area contributed by atoms with Gasteiger partial charge in [0.2, 0.25) is 5.91 Å². The normalized spacial score (nSPS) is 19.1. The van der Waals surface area contributed by atoms with Crippen molar-refractivity contribution < 1.29 is 9.59 Å². The van der Waals surface area contributed by atoms with Gasteiger partial charge in [0.05, 0.1) is 5.41 Å². The van der Waals surface area contributed by atoms with E-state index in [2.05, 4.69) is 10.6 Å². The molecule has 0 radical (unpaired) electrons. The molecule has 5 heteroatoms. The quantitative estimate of drug-likeness (QED) is 0.833. The van der Waals surface area contributed by atoms with Crippen molar-refractivity contribution in [1.82, 2.24) is 15.5 Å².